The zero-order valence-corrected chi connectivity index (χ0v) is 48.7. The van der Waals surface area contributed by atoms with Crippen LogP contribution in [0.4, 0.5) is 0 Å². The van der Waals surface area contributed by atoms with Crippen molar-refractivity contribution in [2.75, 3.05) is 13.2 Å². The number of hydrogen-bond donors (Lipinski definition) is 3. The molecule has 0 aromatic rings. The maximum Gasteiger partial charge on any atom is 0.305 e. The first-order valence-corrected chi connectivity index (χ1v) is 32.6. The van der Waals surface area contributed by atoms with Gasteiger partial charge in [0.15, 0.2) is 0 Å². The zero-order valence-electron chi connectivity index (χ0n) is 48.7. The topological polar surface area (TPSA) is 95.9 Å². The lowest BCUT2D eigenvalue weighted by Crippen LogP contribution is -2.45. The number of unbranched alkanes of at least 4 members (excludes halogenated alkanes) is 46. The van der Waals surface area contributed by atoms with Crippen molar-refractivity contribution in [1.29, 1.82) is 0 Å². The van der Waals surface area contributed by atoms with Crippen molar-refractivity contribution in [1.82, 2.24) is 5.32 Å². The van der Waals surface area contributed by atoms with E-state index >= 15 is 0 Å². The Morgan fingerprint density at radius 2 is 0.694 bits per heavy atom. The number of esters is 1. The molecule has 0 aliphatic heterocycles. The molecule has 2 unspecified atom stereocenters. The maximum absolute atomic E-state index is 12.5. The minimum Gasteiger partial charge on any atom is -0.466 e. The van der Waals surface area contributed by atoms with Crippen LogP contribution >= 0.6 is 0 Å². The van der Waals surface area contributed by atoms with E-state index in [1.807, 2.05) is 0 Å². The summed E-state index contributed by atoms with van der Waals surface area (Å²) in [4.78, 5) is 24.5. The number of aliphatic hydroxyl groups is 2. The van der Waals surface area contributed by atoms with Gasteiger partial charge in [-0.05, 0) is 57.8 Å². The minimum absolute atomic E-state index is 0.00571. The van der Waals surface area contributed by atoms with Crippen LogP contribution in [0.3, 0.4) is 0 Å². The first-order valence-electron chi connectivity index (χ1n) is 32.6. The van der Waals surface area contributed by atoms with Crippen LogP contribution in [0.1, 0.15) is 361 Å². The maximum atomic E-state index is 12.5. The van der Waals surface area contributed by atoms with Crippen molar-refractivity contribution in [3.05, 3.63) is 24.3 Å². The smallest absolute Gasteiger partial charge is 0.305 e. The second-order valence-corrected chi connectivity index (χ2v) is 22.5. The van der Waals surface area contributed by atoms with Crippen molar-refractivity contribution < 1.29 is 24.5 Å². The fraction of sp³-hybridized carbons (Fsp3) is 0.909. The lowest BCUT2D eigenvalue weighted by molar-refractivity contribution is -0.143. The van der Waals surface area contributed by atoms with Gasteiger partial charge in [0.2, 0.25) is 5.91 Å². The molecule has 6 heteroatoms. The van der Waals surface area contributed by atoms with E-state index in [4.69, 9.17) is 4.74 Å². The molecule has 0 aliphatic carbocycles. The molecule has 0 rings (SSSR count). The van der Waals surface area contributed by atoms with E-state index < -0.39 is 12.1 Å². The van der Waals surface area contributed by atoms with Gasteiger partial charge in [-0.3, -0.25) is 9.59 Å². The van der Waals surface area contributed by atoms with Crippen molar-refractivity contribution >= 4 is 11.9 Å². The monoisotopic (exact) mass is 1010 g/mol. The molecule has 6 nitrogen and oxygen atoms in total. The van der Waals surface area contributed by atoms with Crippen LogP contribution in [0, 0.1) is 0 Å². The Morgan fingerprint density at radius 3 is 1.08 bits per heavy atom. The molecule has 426 valence electrons. The van der Waals surface area contributed by atoms with Gasteiger partial charge in [0, 0.05) is 12.8 Å². The fourth-order valence-electron chi connectivity index (χ4n) is 10.3. The molecule has 0 spiro atoms. The number of carbonyl (C=O) groups is 2. The van der Waals surface area contributed by atoms with Gasteiger partial charge in [-0.2, -0.15) is 0 Å². The van der Waals surface area contributed by atoms with Gasteiger partial charge < -0.3 is 20.3 Å². The fourth-order valence-corrected chi connectivity index (χ4v) is 10.3. The van der Waals surface area contributed by atoms with Gasteiger partial charge >= 0.3 is 5.97 Å². The summed E-state index contributed by atoms with van der Waals surface area (Å²) < 4.78 is 5.48. The van der Waals surface area contributed by atoms with Crippen LogP contribution in [0.25, 0.3) is 0 Å². The van der Waals surface area contributed by atoms with Crippen LogP contribution in [0.5, 0.6) is 0 Å². The summed E-state index contributed by atoms with van der Waals surface area (Å²) in [6.45, 7) is 4.93. The number of hydrogen-bond acceptors (Lipinski definition) is 5. The second-order valence-electron chi connectivity index (χ2n) is 22.5. The molecule has 3 N–H and O–H groups in total. The summed E-state index contributed by atoms with van der Waals surface area (Å²) in [7, 11) is 0. The zero-order chi connectivity index (χ0) is 52.2. The van der Waals surface area contributed by atoms with E-state index in [2.05, 4.69) is 43.5 Å². The predicted molar refractivity (Wildman–Crippen MR) is 315 cm³/mol. The average Bonchev–Trinajstić information content (AvgIpc) is 3.38. The molecule has 0 heterocycles. The van der Waals surface area contributed by atoms with Crippen LogP contribution in [0.15, 0.2) is 24.3 Å². The Balaban J connectivity index is 3.31. The molecule has 0 saturated carbocycles. The SMILES string of the molecule is CCCCC/C=C\C/C=C\CCCCCCCC(=O)OCCCCCCCCCCCCCCCCCCCCCCCCCCCCCCCC(=O)NC(CO)C(O)CCCCCCCCCCCCC. The highest BCUT2D eigenvalue weighted by atomic mass is 16.5. The first kappa shape index (κ1) is 70.3. The van der Waals surface area contributed by atoms with Crippen molar-refractivity contribution in [2.24, 2.45) is 0 Å². The summed E-state index contributed by atoms with van der Waals surface area (Å²) in [5.41, 5.74) is 0. The van der Waals surface area contributed by atoms with Crippen LogP contribution in [0.2, 0.25) is 0 Å². The molecular formula is C66H127NO5. The summed E-state index contributed by atoms with van der Waals surface area (Å²) in [6.07, 6.45) is 76.4. The summed E-state index contributed by atoms with van der Waals surface area (Å²) in [6, 6.07) is -0.537. The highest BCUT2D eigenvalue weighted by Gasteiger charge is 2.20. The van der Waals surface area contributed by atoms with Gasteiger partial charge in [-0.1, -0.05) is 314 Å². The molecule has 0 radical (unpaired) electrons. The van der Waals surface area contributed by atoms with Gasteiger partial charge in [0.1, 0.15) is 0 Å². The predicted octanol–water partition coefficient (Wildman–Crippen LogP) is 20.6. The molecule has 1 amide bonds. The van der Waals surface area contributed by atoms with Crippen molar-refractivity contribution in [3.63, 3.8) is 0 Å². The van der Waals surface area contributed by atoms with Crippen molar-refractivity contribution in [2.45, 2.75) is 373 Å². The lowest BCUT2D eigenvalue weighted by Gasteiger charge is -2.22. The summed E-state index contributed by atoms with van der Waals surface area (Å²) in [5.74, 6) is -0.0253. The Kier molecular flexibility index (Phi) is 60.5. The molecule has 0 aromatic heterocycles. The Labute approximate surface area is 450 Å². The quantitative estimate of drug-likeness (QED) is 0.0320. The minimum atomic E-state index is -0.660. The van der Waals surface area contributed by atoms with Gasteiger partial charge in [0.05, 0.1) is 25.4 Å². The van der Waals surface area contributed by atoms with E-state index in [1.54, 1.807) is 0 Å². The molecule has 0 saturated heterocycles. The summed E-state index contributed by atoms with van der Waals surface area (Å²) in [5, 5.41) is 23.2. The Bertz CT molecular complexity index is 1120. The van der Waals surface area contributed by atoms with E-state index in [1.165, 1.54) is 276 Å². The molecule has 0 aliphatic rings. The van der Waals surface area contributed by atoms with Gasteiger partial charge in [0.25, 0.3) is 0 Å². The van der Waals surface area contributed by atoms with Crippen LogP contribution in [-0.4, -0.2) is 47.4 Å². The number of rotatable bonds is 61. The Hall–Kier alpha value is -1.66. The molecule has 72 heavy (non-hydrogen) atoms. The Morgan fingerprint density at radius 1 is 0.389 bits per heavy atom. The average molecular weight is 1010 g/mol. The lowest BCUT2D eigenvalue weighted by atomic mass is 10.0. The third-order valence-corrected chi connectivity index (χ3v) is 15.3. The normalized spacial score (nSPS) is 12.7. The van der Waals surface area contributed by atoms with Gasteiger partial charge in [-0.25, -0.2) is 0 Å². The van der Waals surface area contributed by atoms with Crippen LogP contribution < -0.4 is 5.32 Å². The third kappa shape index (κ3) is 57.6. The number of carbonyl (C=O) groups excluding carboxylic acids is 2. The first-order chi connectivity index (χ1) is 35.5. The molecule has 0 bridgehead atoms. The molecule has 0 aromatic carbocycles. The number of allylic oxidation sites excluding steroid dienone is 4. The molecule has 0 fully saturated rings. The third-order valence-electron chi connectivity index (χ3n) is 15.3. The van der Waals surface area contributed by atoms with Gasteiger partial charge in [-0.15, -0.1) is 0 Å². The largest absolute Gasteiger partial charge is 0.466 e. The number of aliphatic hydroxyl groups excluding tert-OH is 2. The standard InChI is InChI=1S/C66H127NO5/c1-3-5-7-9-11-13-15-16-32-36-40-44-48-52-56-60-66(71)72-61-57-53-49-45-41-37-34-31-29-27-25-23-21-19-17-18-20-22-24-26-28-30-33-35-39-43-47-51-55-59-65(70)67-63(62-68)64(69)58-54-50-46-42-38-14-12-10-8-6-4-2/h11,13,16,32,63-64,68-69H,3-10,12,14-15,17-31,33-62H2,1-2H3,(H,67,70)/b13-11-,32-16-. The number of amides is 1. The molecule has 2 atom stereocenters. The molecular weight excluding hydrogens is 887 g/mol. The van der Waals surface area contributed by atoms with E-state index in [9.17, 15) is 19.8 Å². The van der Waals surface area contributed by atoms with Crippen LogP contribution in [-0.2, 0) is 14.3 Å². The van der Waals surface area contributed by atoms with E-state index in [0.29, 0.717) is 25.9 Å². The highest BCUT2D eigenvalue weighted by molar-refractivity contribution is 5.76. The van der Waals surface area contributed by atoms with E-state index in [0.717, 1.165) is 51.4 Å². The van der Waals surface area contributed by atoms with Crippen molar-refractivity contribution in [3.8, 4) is 0 Å². The highest BCUT2D eigenvalue weighted by Crippen LogP contribution is 2.18. The van der Waals surface area contributed by atoms with E-state index in [-0.39, 0.29) is 18.5 Å². The number of nitrogens with one attached hydrogen (secondary N) is 1. The number of ether oxygens (including phenoxy) is 1. The second kappa shape index (κ2) is 61.9. The summed E-state index contributed by atoms with van der Waals surface area (Å²) >= 11 is 0.